The highest BCUT2D eigenvalue weighted by Crippen LogP contribution is 2.19. The summed E-state index contributed by atoms with van der Waals surface area (Å²) in [5.74, 6) is 0. The van der Waals surface area contributed by atoms with E-state index in [2.05, 4.69) is 30.8 Å². The number of nitrogens with zero attached hydrogens (tertiary/aromatic N) is 2. The topological polar surface area (TPSA) is 16.1 Å². The minimum Gasteiger partial charge on any atom is -0.298 e. The molecule has 0 aliphatic carbocycles. The van der Waals surface area contributed by atoms with Gasteiger partial charge in [0.05, 0.1) is 10.7 Å². The van der Waals surface area contributed by atoms with E-state index >= 15 is 0 Å². The molecule has 1 aromatic rings. The van der Waals surface area contributed by atoms with Gasteiger partial charge in [-0.25, -0.2) is 4.98 Å². The molecule has 0 N–H and O–H groups in total. The largest absolute Gasteiger partial charge is 0.298 e. The van der Waals surface area contributed by atoms with Crippen LogP contribution in [0.15, 0.2) is 12.1 Å². The molecule has 4 heteroatoms. The van der Waals surface area contributed by atoms with Crippen LogP contribution in [0.2, 0.25) is 10.2 Å². The number of aromatic nitrogens is 1. The second-order valence-electron chi connectivity index (χ2n) is 3.95. The molecule has 16 heavy (non-hydrogen) atoms. The maximum Gasteiger partial charge on any atom is 0.129 e. The fraction of sp³-hybridized carbons (Fsp3) is 0.583. The van der Waals surface area contributed by atoms with Crippen molar-refractivity contribution in [1.29, 1.82) is 0 Å². The van der Waals surface area contributed by atoms with E-state index in [9.17, 15) is 0 Å². The summed E-state index contributed by atoms with van der Waals surface area (Å²) < 4.78 is 0. The molecule has 0 aliphatic rings. The van der Waals surface area contributed by atoms with Crippen molar-refractivity contribution in [2.45, 2.75) is 39.3 Å². The molecule has 0 fully saturated rings. The first kappa shape index (κ1) is 13.8. The van der Waals surface area contributed by atoms with E-state index in [-0.39, 0.29) is 0 Å². The molecule has 0 atom stereocenters. The Labute approximate surface area is 108 Å². The number of hydrogen-bond acceptors (Lipinski definition) is 2. The highest BCUT2D eigenvalue weighted by atomic mass is 35.5. The average molecular weight is 261 g/mol. The van der Waals surface area contributed by atoms with Crippen LogP contribution in [0.1, 0.15) is 32.4 Å². The zero-order valence-electron chi connectivity index (χ0n) is 10.0. The lowest BCUT2D eigenvalue weighted by Crippen LogP contribution is -2.30. The molecule has 90 valence electrons. The summed E-state index contributed by atoms with van der Waals surface area (Å²) in [4.78, 5) is 6.52. The van der Waals surface area contributed by atoms with Crippen LogP contribution < -0.4 is 0 Å². The van der Waals surface area contributed by atoms with Crippen LogP contribution in [0.4, 0.5) is 0 Å². The molecule has 1 rings (SSSR count). The standard InChI is InChI=1S/C12H18Cl2N2/c1-4-9(5-2)16(3)8-11-10(13)6-7-12(14)15-11/h6-7,9H,4-5,8H2,1-3H3. The van der Waals surface area contributed by atoms with Crippen molar-refractivity contribution in [3.8, 4) is 0 Å². The monoisotopic (exact) mass is 260 g/mol. The third-order valence-corrected chi connectivity index (χ3v) is 3.40. The highest BCUT2D eigenvalue weighted by Gasteiger charge is 2.13. The summed E-state index contributed by atoms with van der Waals surface area (Å²) >= 11 is 11.9. The fourth-order valence-corrected chi connectivity index (χ4v) is 2.18. The van der Waals surface area contributed by atoms with Crippen molar-refractivity contribution in [1.82, 2.24) is 9.88 Å². The zero-order chi connectivity index (χ0) is 12.1. The molecule has 0 amide bonds. The molecule has 0 unspecified atom stereocenters. The Morgan fingerprint density at radius 2 is 1.88 bits per heavy atom. The lowest BCUT2D eigenvalue weighted by Gasteiger charge is -2.25. The SMILES string of the molecule is CCC(CC)N(C)Cc1nc(Cl)ccc1Cl. The summed E-state index contributed by atoms with van der Waals surface area (Å²) in [7, 11) is 2.09. The van der Waals surface area contributed by atoms with E-state index in [1.165, 1.54) is 0 Å². The van der Waals surface area contributed by atoms with Crippen LogP contribution >= 0.6 is 23.2 Å². The van der Waals surface area contributed by atoms with E-state index < -0.39 is 0 Å². The number of rotatable bonds is 5. The van der Waals surface area contributed by atoms with E-state index in [0.29, 0.717) is 16.2 Å². The molecular formula is C12H18Cl2N2. The first-order chi connectivity index (χ1) is 7.58. The minimum absolute atomic E-state index is 0.498. The van der Waals surface area contributed by atoms with Crippen molar-refractivity contribution < 1.29 is 0 Å². The first-order valence-electron chi connectivity index (χ1n) is 5.59. The predicted octanol–water partition coefficient (Wildman–Crippen LogP) is 4.01. The van der Waals surface area contributed by atoms with Crippen LogP contribution in [-0.2, 0) is 6.54 Å². The smallest absolute Gasteiger partial charge is 0.129 e. The van der Waals surface area contributed by atoms with Crippen LogP contribution in [-0.4, -0.2) is 23.0 Å². The number of hydrogen-bond donors (Lipinski definition) is 0. The van der Waals surface area contributed by atoms with Gasteiger partial charge in [0.25, 0.3) is 0 Å². The number of pyridine rings is 1. The fourth-order valence-electron chi connectivity index (χ4n) is 1.85. The van der Waals surface area contributed by atoms with E-state index in [1.54, 1.807) is 12.1 Å². The zero-order valence-corrected chi connectivity index (χ0v) is 11.5. The molecule has 0 saturated heterocycles. The Morgan fingerprint density at radius 3 is 2.44 bits per heavy atom. The minimum atomic E-state index is 0.498. The second-order valence-corrected chi connectivity index (χ2v) is 4.74. The van der Waals surface area contributed by atoms with Gasteiger partial charge in [0.2, 0.25) is 0 Å². The molecule has 0 radical (unpaired) electrons. The third-order valence-electron chi connectivity index (χ3n) is 2.85. The Morgan fingerprint density at radius 1 is 1.25 bits per heavy atom. The molecule has 0 spiro atoms. The Kier molecular flexibility index (Phi) is 5.53. The summed E-state index contributed by atoms with van der Waals surface area (Å²) in [6.07, 6.45) is 2.26. The maximum atomic E-state index is 6.08. The molecule has 1 heterocycles. The third kappa shape index (κ3) is 3.62. The molecule has 1 aromatic heterocycles. The van der Waals surface area contributed by atoms with Crippen molar-refractivity contribution in [3.63, 3.8) is 0 Å². The normalized spacial score (nSPS) is 11.4. The van der Waals surface area contributed by atoms with Gasteiger partial charge in [-0.15, -0.1) is 0 Å². The highest BCUT2D eigenvalue weighted by molar-refractivity contribution is 6.32. The van der Waals surface area contributed by atoms with Gasteiger partial charge < -0.3 is 0 Å². The van der Waals surface area contributed by atoms with Crippen molar-refractivity contribution in [2.24, 2.45) is 0 Å². The second kappa shape index (κ2) is 6.43. The first-order valence-corrected chi connectivity index (χ1v) is 6.35. The molecule has 0 saturated carbocycles. The Hall–Kier alpha value is -0.310. The molecule has 0 aromatic carbocycles. The van der Waals surface area contributed by atoms with Gasteiger partial charge in [0.15, 0.2) is 0 Å². The lowest BCUT2D eigenvalue weighted by atomic mass is 10.1. The van der Waals surface area contributed by atoms with Crippen LogP contribution in [0.5, 0.6) is 0 Å². The van der Waals surface area contributed by atoms with Crippen molar-refractivity contribution in [3.05, 3.63) is 28.0 Å². The molecule has 0 aliphatic heterocycles. The van der Waals surface area contributed by atoms with Gasteiger partial charge >= 0.3 is 0 Å². The number of halogens is 2. The van der Waals surface area contributed by atoms with Crippen molar-refractivity contribution in [2.75, 3.05) is 7.05 Å². The van der Waals surface area contributed by atoms with Gasteiger partial charge in [-0.3, -0.25) is 4.90 Å². The summed E-state index contributed by atoms with van der Waals surface area (Å²) in [6, 6.07) is 4.08. The van der Waals surface area contributed by atoms with E-state index in [1.807, 2.05) is 0 Å². The van der Waals surface area contributed by atoms with Crippen LogP contribution in [0.3, 0.4) is 0 Å². The van der Waals surface area contributed by atoms with Crippen molar-refractivity contribution >= 4 is 23.2 Å². The predicted molar refractivity (Wildman–Crippen MR) is 70.1 cm³/mol. The summed E-state index contributed by atoms with van der Waals surface area (Å²) in [6.45, 7) is 5.13. The van der Waals surface area contributed by atoms with Gasteiger partial charge in [0, 0.05) is 12.6 Å². The lowest BCUT2D eigenvalue weighted by molar-refractivity contribution is 0.219. The Bertz CT molecular complexity index is 338. The quantitative estimate of drug-likeness (QED) is 0.744. The van der Waals surface area contributed by atoms with Gasteiger partial charge in [-0.2, -0.15) is 0 Å². The molecule has 0 bridgehead atoms. The van der Waals surface area contributed by atoms with Gasteiger partial charge in [-0.1, -0.05) is 37.0 Å². The van der Waals surface area contributed by atoms with E-state index in [4.69, 9.17) is 23.2 Å². The average Bonchev–Trinajstić information content (AvgIpc) is 2.25. The maximum absolute atomic E-state index is 6.08. The van der Waals surface area contributed by atoms with Crippen LogP contribution in [0.25, 0.3) is 0 Å². The van der Waals surface area contributed by atoms with Gasteiger partial charge in [-0.05, 0) is 32.0 Å². The Balaban J connectivity index is 2.75. The van der Waals surface area contributed by atoms with E-state index in [0.717, 1.165) is 25.1 Å². The summed E-state index contributed by atoms with van der Waals surface area (Å²) in [5, 5.41) is 1.18. The van der Waals surface area contributed by atoms with Gasteiger partial charge in [0.1, 0.15) is 5.15 Å². The molecular weight excluding hydrogens is 243 g/mol. The molecule has 2 nitrogen and oxygen atoms in total. The van der Waals surface area contributed by atoms with Crippen LogP contribution in [0, 0.1) is 0 Å². The summed E-state index contributed by atoms with van der Waals surface area (Å²) in [5.41, 5.74) is 0.851.